The van der Waals surface area contributed by atoms with Gasteiger partial charge in [0.1, 0.15) is 17.1 Å². The van der Waals surface area contributed by atoms with Crippen LogP contribution >= 0.6 is 0 Å². The molecule has 0 aliphatic carbocycles. The van der Waals surface area contributed by atoms with Crippen molar-refractivity contribution in [1.82, 2.24) is 5.32 Å². The Balaban J connectivity index is 1.96. The summed E-state index contributed by atoms with van der Waals surface area (Å²) in [5.41, 5.74) is -0.00615. The van der Waals surface area contributed by atoms with Crippen LogP contribution in [-0.2, 0) is 12.1 Å². The normalized spacial score (nSPS) is 13.8. The molecule has 132 valence electrons. The maximum atomic E-state index is 10.5. The lowest BCUT2D eigenvalue weighted by Gasteiger charge is -2.21. The average Bonchev–Trinajstić information content (AvgIpc) is 2.95. The highest BCUT2D eigenvalue weighted by Crippen LogP contribution is 2.29. The number of hydrogen-bond acceptors (Lipinski definition) is 5. The fraction of sp³-hybridized carbons (Fsp3) is 0.474. The van der Waals surface area contributed by atoms with E-state index in [1.54, 1.807) is 20.1 Å². The zero-order chi connectivity index (χ0) is 17.7. The molecule has 0 aliphatic rings. The van der Waals surface area contributed by atoms with E-state index in [-0.39, 0.29) is 6.10 Å². The van der Waals surface area contributed by atoms with Gasteiger partial charge in [-0.15, -0.1) is 0 Å². The molecular formula is C19H27NO4. The molecule has 2 rings (SSSR count). The molecule has 1 heterocycles. The number of rotatable bonds is 8. The van der Waals surface area contributed by atoms with E-state index in [1.165, 1.54) is 0 Å². The van der Waals surface area contributed by atoms with Gasteiger partial charge in [0.15, 0.2) is 11.5 Å². The number of aryl methyl sites for hydroxylation is 1. The van der Waals surface area contributed by atoms with Crippen LogP contribution in [0.4, 0.5) is 0 Å². The minimum Gasteiger partial charge on any atom is -0.493 e. The van der Waals surface area contributed by atoms with Crippen LogP contribution in [0.2, 0.25) is 0 Å². The summed E-state index contributed by atoms with van der Waals surface area (Å²) in [7, 11) is 1.63. The predicted molar refractivity (Wildman–Crippen MR) is 93.5 cm³/mol. The summed E-state index contributed by atoms with van der Waals surface area (Å²) >= 11 is 0. The van der Waals surface area contributed by atoms with Crippen molar-refractivity contribution >= 4 is 0 Å². The fourth-order valence-electron chi connectivity index (χ4n) is 2.43. The molecule has 0 saturated carbocycles. The van der Waals surface area contributed by atoms with Gasteiger partial charge in [-0.2, -0.15) is 0 Å². The molecule has 1 unspecified atom stereocenters. The van der Waals surface area contributed by atoms with Gasteiger partial charge in [-0.1, -0.05) is 6.07 Å². The van der Waals surface area contributed by atoms with Gasteiger partial charge >= 0.3 is 0 Å². The summed E-state index contributed by atoms with van der Waals surface area (Å²) in [4.78, 5) is 0. The predicted octanol–water partition coefficient (Wildman–Crippen LogP) is 3.38. The zero-order valence-corrected chi connectivity index (χ0v) is 15.1. The van der Waals surface area contributed by atoms with Gasteiger partial charge in [-0.05, 0) is 57.5 Å². The van der Waals surface area contributed by atoms with Crippen molar-refractivity contribution in [2.75, 3.05) is 13.7 Å². The molecule has 5 heteroatoms. The van der Waals surface area contributed by atoms with Gasteiger partial charge < -0.3 is 24.3 Å². The smallest absolute Gasteiger partial charge is 0.161 e. The summed E-state index contributed by atoms with van der Waals surface area (Å²) in [6, 6.07) is 9.49. The minimum absolute atomic E-state index is 0.0923. The Hall–Kier alpha value is -1.98. The Kier molecular flexibility index (Phi) is 5.91. The third-order valence-electron chi connectivity index (χ3n) is 3.66. The number of furan rings is 1. The van der Waals surface area contributed by atoms with Gasteiger partial charge in [0.05, 0.1) is 13.2 Å². The second-order valence-corrected chi connectivity index (χ2v) is 6.44. The molecule has 0 saturated heterocycles. The number of ether oxygens (including phenoxy) is 2. The van der Waals surface area contributed by atoms with Crippen LogP contribution in [0.3, 0.4) is 0 Å². The largest absolute Gasteiger partial charge is 0.493 e. The minimum atomic E-state index is -1.06. The number of nitrogens with one attached hydrogen (secondary N) is 1. The summed E-state index contributed by atoms with van der Waals surface area (Å²) in [6.45, 7) is 8.54. The molecule has 2 N–H and O–H groups in total. The maximum absolute atomic E-state index is 10.5. The van der Waals surface area contributed by atoms with E-state index in [9.17, 15) is 5.11 Å². The first-order valence-corrected chi connectivity index (χ1v) is 8.15. The van der Waals surface area contributed by atoms with E-state index < -0.39 is 5.60 Å². The van der Waals surface area contributed by atoms with Gasteiger partial charge in [0.2, 0.25) is 0 Å². The van der Waals surface area contributed by atoms with Gasteiger partial charge in [0.25, 0.3) is 0 Å². The van der Waals surface area contributed by atoms with Crippen LogP contribution in [0.25, 0.3) is 0 Å². The van der Waals surface area contributed by atoms with Crippen molar-refractivity contribution in [1.29, 1.82) is 0 Å². The molecule has 2 aromatic rings. The maximum Gasteiger partial charge on any atom is 0.161 e. The Morgan fingerprint density at radius 2 is 1.96 bits per heavy atom. The van der Waals surface area contributed by atoms with Crippen LogP contribution in [0.1, 0.15) is 37.9 Å². The second kappa shape index (κ2) is 7.73. The van der Waals surface area contributed by atoms with E-state index in [0.717, 1.165) is 17.1 Å². The monoisotopic (exact) mass is 333 g/mol. The third-order valence-corrected chi connectivity index (χ3v) is 3.66. The van der Waals surface area contributed by atoms with E-state index in [0.29, 0.717) is 24.6 Å². The second-order valence-electron chi connectivity index (χ2n) is 6.44. The molecule has 24 heavy (non-hydrogen) atoms. The molecule has 0 amide bonds. The molecule has 0 aliphatic heterocycles. The Morgan fingerprint density at radius 3 is 2.54 bits per heavy atom. The van der Waals surface area contributed by atoms with Gasteiger partial charge in [-0.25, -0.2) is 0 Å². The lowest BCUT2D eigenvalue weighted by Crippen LogP contribution is -2.34. The van der Waals surface area contributed by atoms with E-state index in [1.807, 2.05) is 45.0 Å². The number of hydrogen-bond donors (Lipinski definition) is 2. The van der Waals surface area contributed by atoms with E-state index >= 15 is 0 Å². The highest BCUT2D eigenvalue weighted by molar-refractivity contribution is 5.43. The first kappa shape index (κ1) is 18.4. The molecule has 1 atom stereocenters. The number of methoxy groups -OCH3 is 1. The molecule has 0 radical (unpaired) electrons. The standard InChI is InChI=1S/C19H27NO4/c1-13(2)23-16-8-7-15(10-17(16)22-5)11-20-12-19(4,21)18-9-6-14(3)24-18/h6-10,13,20-21H,11-12H2,1-5H3. The van der Waals surface area contributed by atoms with E-state index in [4.69, 9.17) is 13.9 Å². The highest BCUT2D eigenvalue weighted by Gasteiger charge is 2.26. The SMILES string of the molecule is COc1cc(CNCC(C)(O)c2ccc(C)o2)ccc1OC(C)C. The Labute approximate surface area is 143 Å². The molecule has 1 aromatic heterocycles. The van der Waals surface area contributed by atoms with Crippen LogP contribution in [0, 0.1) is 6.92 Å². The Morgan fingerprint density at radius 1 is 1.21 bits per heavy atom. The molecule has 0 bridgehead atoms. The third kappa shape index (κ3) is 4.76. The summed E-state index contributed by atoms with van der Waals surface area (Å²) in [5, 5.41) is 13.8. The van der Waals surface area contributed by atoms with Crippen molar-refractivity contribution in [3.63, 3.8) is 0 Å². The van der Waals surface area contributed by atoms with Gasteiger partial charge in [-0.3, -0.25) is 0 Å². The summed E-state index contributed by atoms with van der Waals surface area (Å²) in [5.74, 6) is 2.78. The van der Waals surface area contributed by atoms with Crippen molar-refractivity contribution in [3.8, 4) is 11.5 Å². The van der Waals surface area contributed by atoms with Crippen molar-refractivity contribution in [3.05, 3.63) is 47.4 Å². The number of benzene rings is 1. The van der Waals surface area contributed by atoms with Crippen molar-refractivity contribution < 1.29 is 19.0 Å². The summed E-state index contributed by atoms with van der Waals surface area (Å²) < 4.78 is 16.6. The quantitative estimate of drug-likeness (QED) is 0.775. The lowest BCUT2D eigenvalue weighted by molar-refractivity contribution is 0.0332. The van der Waals surface area contributed by atoms with Crippen LogP contribution < -0.4 is 14.8 Å². The van der Waals surface area contributed by atoms with Gasteiger partial charge in [0, 0.05) is 13.1 Å². The van der Waals surface area contributed by atoms with Crippen LogP contribution in [-0.4, -0.2) is 24.9 Å². The van der Waals surface area contributed by atoms with Crippen LogP contribution in [0.5, 0.6) is 11.5 Å². The first-order chi connectivity index (χ1) is 11.3. The topological polar surface area (TPSA) is 63.9 Å². The average molecular weight is 333 g/mol. The number of aliphatic hydroxyl groups is 1. The molecular weight excluding hydrogens is 306 g/mol. The highest BCUT2D eigenvalue weighted by atomic mass is 16.5. The van der Waals surface area contributed by atoms with Crippen molar-refractivity contribution in [2.45, 2.75) is 45.9 Å². The lowest BCUT2D eigenvalue weighted by atomic mass is 10.0. The first-order valence-electron chi connectivity index (χ1n) is 8.15. The molecule has 0 spiro atoms. The Bertz CT molecular complexity index is 661. The van der Waals surface area contributed by atoms with Crippen molar-refractivity contribution in [2.24, 2.45) is 0 Å². The summed E-state index contributed by atoms with van der Waals surface area (Å²) in [6.07, 6.45) is 0.0923. The van der Waals surface area contributed by atoms with E-state index in [2.05, 4.69) is 5.32 Å². The fourth-order valence-corrected chi connectivity index (χ4v) is 2.43. The van der Waals surface area contributed by atoms with Crippen LogP contribution in [0.15, 0.2) is 34.7 Å². The molecule has 5 nitrogen and oxygen atoms in total. The zero-order valence-electron chi connectivity index (χ0n) is 15.1. The molecule has 0 fully saturated rings. The molecule has 1 aromatic carbocycles.